The molecule has 0 heterocycles. The average molecular weight is 310 g/mol. The molecule has 1 atom stereocenters. The minimum Gasteiger partial charge on any atom is -0.494 e. The third kappa shape index (κ3) is 3.45. The predicted octanol–water partition coefficient (Wildman–Crippen LogP) is 4.70. The number of ether oxygens (including phenoxy) is 1. The van der Waals surface area contributed by atoms with Crippen molar-refractivity contribution in [2.45, 2.75) is 13.0 Å². The third-order valence-electron chi connectivity index (χ3n) is 3.07. The molecule has 2 rings (SSSR count). The summed E-state index contributed by atoms with van der Waals surface area (Å²) >= 11 is 12.1. The van der Waals surface area contributed by atoms with Crippen LogP contribution in [0.1, 0.15) is 24.1 Å². The lowest BCUT2D eigenvalue weighted by Crippen LogP contribution is -2.17. The topological polar surface area (TPSA) is 21.3 Å². The van der Waals surface area contributed by atoms with Gasteiger partial charge in [0.1, 0.15) is 5.75 Å². The molecule has 0 amide bonds. The Morgan fingerprint density at radius 2 is 1.80 bits per heavy atom. The Balaban J connectivity index is 2.36. The van der Waals surface area contributed by atoms with Gasteiger partial charge in [-0.2, -0.15) is 0 Å². The summed E-state index contributed by atoms with van der Waals surface area (Å²) in [4.78, 5) is 0. The monoisotopic (exact) mass is 309 g/mol. The summed E-state index contributed by atoms with van der Waals surface area (Å²) in [6.07, 6.45) is 0. The van der Waals surface area contributed by atoms with E-state index in [0.29, 0.717) is 16.7 Å². The highest BCUT2D eigenvalue weighted by Gasteiger charge is 2.14. The average Bonchev–Trinajstić information content (AvgIpc) is 2.44. The van der Waals surface area contributed by atoms with Crippen molar-refractivity contribution in [2.24, 2.45) is 0 Å². The van der Waals surface area contributed by atoms with Crippen molar-refractivity contribution < 1.29 is 4.74 Å². The standard InChI is InChI=1S/C16H17Cl2NO/c1-3-20-13-6-4-5-11(9-13)16(19-2)12-7-8-14(17)15(18)10-12/h4-10,16,19H,3H2,1-2H3. The van der Waals surface area contributed by atoms with E-state index in [2.05, 4.69) is 11.4 Å². The summed E-state index contributed by atoms with van der Waals surface area (Å²) in [6.45, 7) is 2.63. The minimum absolute atomic E-state index is 0.0465. The van der Waals surface area contributed by atoms with Crippen LogP contribution in [-0.4, -0.2) is 13.7 Å². The molecule has 0 bridgehead atoms. The van der Waals surface area contributed by atoms with Gasteiger partial charge in [-0.3, -0.25) is 0 Å². The number of hydrogen-bond donors (Lipinski definition) is 1. The quantitative estimate of drug-likeness (QED) is 0.864. The zero-order valence-corrected chi connectivity index (χ0v) is 13.0. The maximum atomic E-state index is 6.10. The van der Waals surface area contributed by atoms with E-state index in [4.69, 9.17) is 27.9 Å². The molecular weight excluding hydrogens is 293 g/mol. The van der Waals surface area contributed by atoms with E-state index in [1.165, 1.54) is 0 Å². The molecule has 0 aliphatic rings. The van der Waals surface area contributed by atoms with Gasteiger partial charge in [-0.15, -0.1) is 0 Å². The van der Waals surface area contributed by atoms with Crippen LogP contribution in [0.3, 0.4) is 0 Å². The van der Waals surface area contributed by atoms with Gasteiger partial charge in [0, 0.05) is 0 Å². The van der Waals surface area contributed by atoms with E-state index in [1.54, 1.807) is 0 Å². The highest BCUT2D eigenvalue weighted by Crippen LogP contribution is 2.30. The summed E-state index contributed by atoms with van der Waals surface area (Å²) < 4.78 is 5.54. The number of halogens is 2. The van der Waals surface area contributed by atoms with E-state index in [-0.39, 0.29) is 6.04 Å². The molecule has 0 saturated carbocycles. The molecule has 2 nitrogen and oxygen atoms in total. The fourth-order valence-electron chi connectivity index (χ4n) is 2.17. The molecule has 1 N–H and O–H groups in total. The van der Waals surface area contributed by atoms with Crippen LogP contribution in [0, 0.1) is 0 Å². The zero-order chi connectivity index (χ0) is 14.5. The SMILES string of the molecule is CCOc1cccc(C(NC)c2ccc(Cl)c(Cl)c2)c1. The molecule has 20 heavy (non-hydrogen) atoms. The Morgan fingerprint density at radius 3 is 2.45 bits per heavy atom. The maximum absolute atomic E-state index is 6.10. The van der Waals surface area contributed by atoms with Crippen molar-refractivity contribution in [3.05, 3.63) is 63.6 Å². The normalized spacial score (nSPS) is 12.2. The molecular formula is C16H17Cl2NO. The third-order valence-corrected chi connectivity index (χ3v) is 3.81. The summed E-state index contributed by atoms with van der Waals surface area (Å²) in [5, 5.41) is 4.42. The van der Waals surface area contributed by atoms with Gasteiger partial charge in [0.15, 0.2) is 0 Å². The lowest BCUT2D eigenvalue weighted by Gasteiger charge is -2.18. The van der Waals surface area contributed by atoms with Gasteiger partial charge in [-0.25, -0.2) is 0 Å². The first-order chi connectivity index (χ1) is 9.65. The summed E-state index contributed by atoms with van der Waals surface area (Å²) in [6, 6.07) is 13.8. The van der Waals surface area contributed by atoms with Crippen molar-refractivity contribution in [3.63, 3.8) is 0 Å². The zero-order valence-electron chi connectivity index (χ0n) is 11.5. The van der Waals surface area contributed by atoms with Crippen molar-refractivity contribution in [2.75, 3.05) is 13.7 Å². The molecule has 2 aromatic rings. The minimum atomic E-state index is 0.0465. The van der Waals surface area contributed by atoms with Crippen LogP contribution in [-0.2, 0) is 0 Å². The second-order valence-electron chi connectivity index (χ2n) is 4.40. The number of benzene rings is 2. The fourth-order valence-corrected chi connectivity index (χ4v) is 2.47. The Hall–Kier alpha value is -1.22. The van der Waals surface area contributed by atoms with E-state index < -0.39 is 0 Å². The van der Waals surface area contributed by atoms with Gasteiger partial charge >= 0.3 is 0 Å². The number of nitrogens with one attached hydrogen (secondary N) is 1. The lowest BCUT2D eigenvalue weighted by molar-refractivity contribution is 0.339. The maximum Gasteiger partial charge on any atom is 0.119 e. The van der Waals surface area contributed by atoms with Crippen LogP contribution in [0.25, 0.3) is 0 Å². The van der Waals surface area contributed by atoms with Crippen LogP contribution < -0.4 is 10.1 Å². The summed E-state index contributed by atoms with van der Waals surface area (Å²) in [5.41, 5.74) is 2.19. The lowest BCUT2D eigenvalue weighted by atomic mass is 9.99. The van der Waals surface area contributed by atoms with Crippen molar-refractivity contribution in [1.82, 2.24) is 5.32 Å². The Bertz CT molecular complexity index is 586. The molecule has 0 radical (unpaired) electrons. The molecule has 0 aromatic heterocycles. The molecule has 106 valence electrons. The van der Waals surface area contributed by atoms with E-state index in [1.807, 2.05) is 50.4 Å². The number of hydrogen-bond acceptors (Lipinski definition) is 2. The van der Waals surface area contributed by atoms with Gasteiger partial charge in [-0.1, -0.05) is 41.4 Å². The van der Waals surface area contributed by atoms with Crippen LogP contribution in [0.2, 0.25) is 10.0 Å². The van der Waals surface area contributed by atoms with Gasteiger partial charge in [0.25, 0.3) is 0 Å². The first-order valence-corrected chi connectivity index (χ1v) is 7.26. The molecule has 0 aliphatic carbocycles. The number of rotatable bonds is 5. The predicted molar refractivity (Wildman–Crippen MR) is 85.0 cm³/mol. The second kappa shape index (κ2) is 6.98. The van der Waals surface area contributed by atoms with Crippen molar-refractivity contribution >= 4 is 23.2 Å². The first-order valence-electron chi connectivity index (χ1n) is 6.50. The molecule has 0 aliphatic heterocycles. The van der Waals surface area contributed by atoms with Crippen molar-refractivity contribution in [1.29, 1.82) is 0 Å². The Labute approximate surface area is 129 Å². The van der Waals surface area contributed by atoms with Crippen molar-refractivity contribution in [3.8, 4) is 5.75 Å². The Kier molecular flexibility index (Phi) is 5.30. The van der Waals surface area contributed by atoms with Gasteiger partial charge < -0.3 is 10.1 Å². The summed E-state index contributed by atoms with van der Waals surface area (Å²) in [7, 11) is 1.92. The van der Waals surface area contributed by atoms with E-state index in [0.717, 1.165) is 16.9 Å². The summed E-state index contributed by atoms with van der Waals surface area (Å²) in [5.74, 6) is 0.866. The van der Waals surface area contributed by atoms with Gasteiger partial charge in [0.05, 0.1) is 22.7 Å². The molecule has 1 unspecified atom stereocenters. The van der Waals surface area contributed by atoms with Crippen LogP contribution in [0.15, 0.2) is 42.5 Å². The fraction of sp³-hybridized carbons (Fsp3) is 0.250. The Morgan fingerprint density at radius 1 is 1.05 bits per heavy atom. The molecule has 2 aromatic carbocycles. The molecule has 0 spiro atoms. The molecule has 4 heteroatoms. The van der Waals surface area contributed by atoms with Crippen LogP contribution >= 0.6 is 23.2 Å². The first kappa shape index (κ1) is 15.2. The smallest absolute Gasteiger partial charge is 0.119 e. The second-order valence-corrected chi connectivity index (χ2v) is 5.22. The van der Waals surface area contributed by atoms with Crippen LogP contribution in [0.5, 0.6) is 5.75 Å². The molecule has 0 saturated heterocycles. The van der Waals surface area contributed by atoms with E-state index >= 15 is 0 Å². The highest BCUT2D eigenvalue weighted by molar-refractivity contribution is 6.42. The van der Waals surface area contributed by atoms with Gasteiger partial charge in [-0.05, 0) is 49.4 Å². The van der Waals surface area contributed by atoms with Gasteiger partial charge in [0.2, 0.25) is 0 Å². The molecule has 0 fully saturated rings. The largest absolute Gasteiger partial charge is 0.494 e. The highest BCUT2D eigenvalue weighted by atomic mass is 35.5. The van der Waals surface area contributed by atoms with E-state index in [9.17, 15) is 0 Å². The van der Waals surface area contributed by atoms with Crippen LogP contribution in [0.4, 0.5) is 0 Å².